The third-order valence-electron chi connectivity index (χ3n) is 1.43. The van der Waals surface area contributed by atoms with Gasteiger partial charge in [0.2, 0.25) is 0 Å². The molecule has 4 nitrogen and oxygen atoms in total. The minimum Gasteiger partial charge on any atom is -0.355 e. The molecule has 0 aliphatic heterocycles. The smallest absolute Gasteiger partial charge is 0.355 e. The summed E-state index contributed by atoms with van der Waals surface area (Å²) >= 11 is 0. The lowest BCUT2D eigenvalue weighted by Gasteiger charge is -2.27. The van der Waals surface area contributed by atoms with Crippen LogP contribution in [0.15, 0.2) is 0 Å². The van der Waals surface area contributed by atoms with Crippen LogP contribution in [-0.2, 0) is 17.7 Å². The van der Waals surface area contributed by atoms with Crippen molar-refractivity contribution in [2.45, 2.75) is 20.8 Å². The van der Waals surface area contributed by atoms with Crippen molar-refractivity contribution in [3.8, 4) is 0 Å². The molecule has 0 aromatic rings. The maximum atomic E-state index is 5.51. The Kier molecular flexibility index (Phi) is 5.09. The Morgan fingerprint density at radius 1 is 0.923 bits per heavy atom. The first-order chi connectivity index (χ1) is 5.89. The summed E-state index contributed by atoms with van der Waals surface area (Å²) in [5.41, 5.74) is 0.0772. The Labute approximate surface area is 81.6 Å². The monoisotopic (exact) mass is 208 g/mol. The molecule has 0 saturated carbocycles. The summed E-state index contributed by atoms with van der Waals surface area (Å²) in [6.45, 7) is 6.78. The van der Waals surface area contributed by atoms with Crippen LogP contribution in [0.3, 0.4) is 0 Å². The predicted molar refractivity (Wildman–Crippen MR) is 52.2 cm³/mol. The number of hydrogen-bond acceptors (Lipinski definition) is 4. The van der Waals surface area contributed by atoms with Gasteiger partial charge in [-0.25, -0.2) is 0 Å². The molecule has 0 atom stereocenters. The van der Waals surface area contributed by atoms with E-state index >= 15 is 0 Å². The Bertz CT molecular complexity index is 131. The Hall–Kier alpha value is 0.0569. The maximum absolute atomic E-state index is 5.51. The van der Waals surface area contributed by atoms with Crippen molar-refractivity contribution in [1.82, 2.24) is 0 Å². The Morgan fingerprint density at radius 2 is 1.31 bits per heavy atom. The molecule has 0 unspecified atom stereocenters. The van der Waals surface area contributed by atoms with E-state index in [0.29, 0.717) is 6.61 Å². The van der Waals surface area contributed by atoms with E-state index in [-0.39, 0.29) is 5.41 Å². The van der Waals surface area contributed by atoms with E-state index in [1.165, 1.54) is 21.3 Å². The van der Waals surface area contributed by atoms with Gasteiger partial charge in [-0.15, -0.1) is 0 Å². The molecule has 0 heterocycles. The van der Waals surface area contributed by atoms with Gasteiger partial charge < -0.3 is 17.7 Å². The molecule has 0 bridgehead atoms. The van der Waals surface area contributed by atoms with Crippen LogP contribution in [0.25, 0.3) is 0 Å². The van der Waals surface area contributed by atoms with Crippen LogP contribution in [0, 0.1) is 5.41 Å². The SMILES string of the molecule is CO[Si](OC)(OC)OCC(C)(C)C. The second-order valence-corrected chi connectivity index (χ2v) is 6.48. The van der Waals surface area contributed by atoms with Crippen LogP contribution in [0.2, 0.25) is 0 Å². The van der Waals surface area contributed by atoms with E-state index in [1.807, 2.05) is 0 Å². The standard InChI is InChI=1S/C8H20O4Si/c1-8(2,3)7-12-13(9-4,10-5)11-6/h7H2,1-6H3. The lowest BCUT2D eigenvalue weighted by atomic mass is 9.99. The van der Waals surface area contributed by atoms with E-state index in [1.54, 1.807) is 0 Å². The lowest BCUT2D eigenvalue weighted by Crippen LogP contribution is -2.48. The van der Waals surface area contributed by atoms with Crippen LogP contribution in [0.4, 0.5) is 0 Å². The van der Waals surface area contributed by atoms with Crippen LogP contribution in [0.1, 0.15) is 20.8 Å². The zero-order valence-electron chi connectivity index (χ0n) is 9.34. The molecule has 13 heavy (non-hydrogen) atoms. The molecule has 80 valence electrons. The van der Waals surface area contributed by atoms with Gasteiger partial charge in [-0.1, -0.05) is 20.8 Å². The highest BCUT2D eigenvalue weighted by Gasteiger charge is 2.43. The molecule has 0 aliphatic rings. The largest absolute Gasteiger partial charge is 0.678 e. The highest BCUT2D eigenvalue weighted by Crippen LogP contribution is 2.17. The van der Waals surface area contributed by atoms with E-state index in [9.17, 15) is 0 Å². The van der Waals surface area contributed by atoms with Gasteiger partial charge in [-0.05, 0) is 5.41 Å². The van der Waals surface area contributed by atoms with Gasteiger partial charge >= 0.3 is 9.05 Å². The zero-order valence-corrected chi connectivity index (χ0v) is 10.3. The van der Waals surface area contributed by atoms with Crippen molar-refractivity contribution in [2.75, 3.05) is 27.9 Å². The van der Waals surface area contributed by atoms with Crippen molar-refractivity contribution >= 4 is 9.05 Å². The van der Waals surface area contributed by atoms with Crippen molar-refractivity contribution in [3.05, 3.63) is 0 Å². The fraction of sp³-hybridized carbons (Fsp3) is 1.00. The zero-order chi connectivity index (χ0) is 10.5. The Morgan fingerprint density at radius 3 is 1.54 bits per heavy atom. The predicted octanol–water partition coefficient (Wildman–Crippen LogP) is 1.42. The third kappa shape index (κ3) is 4.73. The first kappa shape index (κ1) is 13.1. The molecule has 0 aliphatic carbocycles. The van der Waals surface area contributed by atoms with Gasteiger partial charge in [0.1, 0.15) is 0 Å². The fourth-order valence-electron chi connectivity index (χ4n) is 0.732. The molecule has 5 heteroatoms. The molecule has 0 radical (unpaired) electrons. The molecular formula is C8H20O4Si. The van der Waals surface area contributed by atoms with Gasteiger partial charge in [0.15, 0.2) is 0 Å². The normalized spacial score (nSPS) is 13.4. The second kappa shape index (κ2) is 5.07. The summed E-state index contributed by atoms with van der Waals surface area (Å²) in [4.78, 5) is 0. The van der Waals surface area contributed by atoms with Gasteiger partial charge in [-0.2, -0.15) is 0 Å². The minimum atomic E-state index is -2.83. The molecule has 0 aromatic heterocycles. The van der Waals surface area contributed by atoms with Crippen molar-refractivity contribution in [3.63, 3.8) is 0 Å². The molecule has 0 aromatic carbocycles. The molecule has 0 amide bonds. The van der Waals surface area contributed by atoms with Crippen molar-refractivity contribution < 1.29 is 17.7 Å². The second-order valence-electron chi connectivity index (χ2n) is 3.96. The van der Waals surface area contributed by atoms with E-state index in [4.69, 9.17) is 17.7 Å². The van der Waals surface area contributed by atoms with Crippen LogP contribution in [0.5, 0.6) is 0 Å². The molecule has 0 spiro atoms. The lowest BCUT2D eigenvalue weighted by molar-refractivity contribution is -0.0119. The van der Waals surface area contributed by atoms with Crippen molar-refractivity contribution in [1.29, 1.82) is 0 Å². The molecular weight excluding hydrogens is 188 g/mol. The first-order valence-corrected chi connectivity index (χ1v) is 5.82. The molecule has 0 saturated heterocycles. The van der Waals surface area contributed by atoms with E-state index in [2.05, 4.69) is 20.8 Å². The van der Waals surface area contributed by atoms with Gasteiger partial charge in [0.05, 0.1) is 0 Å². The van der Waals surface area contributed by atoms with Crippen LogP contribution < -0.4 is 0 Å². The van der Waals surface area contributed by atoms with Gasteiger partial charge in [-0.3, -0.25) is 0 Å². The van der Waals surface area contributed by atoms with Gasteiger partial charge in [0, 0.05) is 27.9 Å². The van der Waals surface area contributed by atoms with Crippen molar-refractivity contribution in [2.24, 2.45) is 5.41 Å². The molecule has 0 N–H and O–H groups in total. The van der Waals surface area contributed by atoms with E-state index < -0.39 is 9.05 Å². The quantitative estimate of drug-likeness (QED) is 0.640. The summed E-state index contributed by atoms with van der Waals surface area (Å²) in [5.74, 6) is 0. The first-order valence-electron chi connectivity index (χ1n) is 4.18. The number of rotatable bonds is 5. The molecule has 0 rings (SSSR count). The molecule has 0 fully saturated rings. The van der Waals surface area contributed by atoms with Crippen LogP contribution >= 0.6 is 0 Å². The average Bonchev–Trinajstić information content (AvgIpc) is 2.06. The van der Waals surface area contributed by atoms with Crippen LogP contribution in [-0.4, -0.2) is 37.0 Å². The maximum Gasteiger partial charge on any atom is 0.678 e. The summed E-state index contributed by atoms with van der Waals surface area (Å²) in [5, 5.41) is 0. The fourth-order valence-corrected chi connectivity index (χ4v) is 2.20. The summed E-state index contributed by atoms with van der Waals surface area (Å²) in [6, 6.07) is 0. The summed E-state index contributed by atoms with van der Waals surface area (Å²) in [6.07, 6.45) is 0. The topological polar surface area (TPSA) is 36.9 Å². The average molecular weight is 208 g/mol. The highest BCUT2D eigenvalue weighted by molar-refractivity contribution is 6.53. The number of hydrogen-bond donors (Lipinski definition) is 0. The van der Waals surface area contributed by atoms with Gasteiger partial charge in [0.25, 0.3) is 0 Å². The Balaban J connectivity index is 4.11. The third-order valence-corrected chi connectivity index (χ3v) is 3.43. The summed E-state index contributed by atoms with van der Waals surface area (Å²) in [7, 11) is 1.76. The highest BCUT2D eigenvalue weighted by atomic mass is 28.4. The van der Waals surface area contributed by atoms with E-state index in [0.717, 1.165) is 0 Å². The minimum absolute atomic E-state index is 0.0772. The summed E-state index contributed by atoms with van der Waals surface area (Å²) < 4.78 is 20.8.